The van der Waals surface area contributed by atoms with Gasteiger partial charge in [-0.3, -0.25) is 4.79 Å². The Morgan fingerprint density at radius 2 is 1.60 bits per heavy atom. The first-order chi connectivity index (χ1) is 9.58. The van der Waals surface area contributed by atoms with Crippen molar-refractivity contribution < 1.29 is 14.7 Å². The molecular formula is C16H12ClO3-. The smallest absolute Gasteiger partial charge is 0.163 e. The molecule has 0 radical (unpaired) electrons. The Balaban J connectivity index is 2.20. The van der Waals surface area contributed by atoms with Crippen LogP contribution < -0.4 is 5.11 Å². The van der Waals surface area contributed by atoms with Crippen LogP contribution in [0.3, 0.4) is 0 Å². The molecule has 0 bridgehead atoms. The van der Waals surface area contributed by atoms with Gasteiger partial charge in [-0.05, 0) is 17.7 Å². The minimum Gasteiger partial charge on any atom is -0.549 e. The second-order valence-corrected chi connectivity index (χ2v) is 4.85. The number of hydrogen-bond donors (Lipinski definition) is 0. The molecule has 2 aromatic carbocycles. The number of carbonyl (C=O) groups excluding carboxylic acids is 2. The predicted octanol–water partition coefficient (Wildman–Crippen LogP) is 2.45. The van der Waals surface area contributed by atoms with Crippen molar-refractivity contribution in [1.82, 2.24) is 0 Å². The monoisotopic (exact) mass is 287 g/mol. The van der Waals surface area contributed by atoms with Crippen molar-refractivity contribution >= 4 is 23.4 Å². The molecule has 2 rings (SSSR count). The summed E-state index contributed by atoms with van der Waals surface area (Å²) < 4.78 is 0. The fraction of sp³-hybridized carbons (Fsp3) is 0.125. The number of rotatable bonds is 5. The van der Waals surface area contributed by atoms with E-state index in [1.54, 1.807) is 54.6 Å². The zero-order chi connectivity index (χ0) is 14.5. The van der Waals surface area contributed by atoms with E-state index in [1.807, 2.05) is 0 Å². The molecule has 0 fully saturated rings. The summed E-state index contributed by atoms with van der Waals surface area (Å²) in [4.78, 5) is 23.3. The van der Waals surface area contributed by atoms with Gasteiger partial charge in [0.2, 0.25) is 0 Å². The maximum absolute atomic E-state index is 12.1. The number of carboxylic acids is 1. The predicted molar refractivity (Wildman–Crippen MR) is 74.6 cm³/mol. The van der Waals surface area contributed by atoms with Gasteiger partial charge in [0, 0.05) is 28.9 Å². The maximum atomic E-state index is 12.1. The van der Waals surface area contributed by atoms with Gasteiger partial charge in [-0.2, -0.15) is 0 Å². The summed E-state index contributed by atoms with van der Waals surface area (Å²) in [5, 5.41) is 11.8. The second kappa shape index (κ2) is 6.35. The molecule has 0 heterocycles. The molecular weight excluding hydrogens is 276 g/mol. The van der Waals surface area contributed by atoms with Gasteiger partial charge < -0.3 is 9.90 Å². The van der Waals surface area contributed by atoms with Crippen LogP contribution in [0.4, 0.5) is 0 Å². The molecule has 0 aliphatic heterocycles. The first-order valence-corrected chi connectivity index (χ1v) is 6.50. The fourth-order valence-corrected chi connectivity index (χ4v) is 2.09. The molecule has 20 heavy (non-hydrogen) atoms. The highest BCUT2D eigenvalue weighted by atomic mass is 35.5. The molecule has 3 nitrogen and oxygen atoms in total. The summed E-state index contributed by atoms with van der Waals surface area (Å²) in [5.74, 6) is -2.47. The Bertz CT molecular complexity index is 605. The van der Waals surface area contributed by atoms with E-state index in [1.165, 1.54) is 0 Å². The summed E-state index contributed by atoms with van der Waals surface area (Å²) in [6.07, 6.45) is -0.131. The Hall–Kier alpha value is -2.13. The normalized spacial score (nSPS) is 11.8. The Kier molecular flexibility index (Phi) is 4.53. The lowest BCUT2D eigenvalue weighted by Crippen LogP contribution is -2.31. The van der Waals surface area contributed by atoms with Crippen molar-refractivity contribution in [2.45, 2.75) is 12.3 Å². The molecule has 1 atom stereocenters. The Morgan fingerprint density at radius 1 is 1.00 bits per heavy atom. The van der Waals surface area contributed by atoms with Gasteiger partial charge in [0.15, 0.2) is 5.78 Å². The molecule has 4 heteroatoms. The lowest BCUT2D eigenvalue weighted by Gasteiger charge is -2.18. The van der Waals surface area contributed by atoms with Gasteiger partial charge in [-0.25, -0.2) is 0 Å². The summed E-state index contributed by atoms with van der Waals surface area (Å²) in [6.45, 7) is 0. The van der Waals surface area contributed by atoms with E-state index in [0.29, 0.717) is 16.1 Å². The van der Waals surface area contributed by atoms with Crippen molar-refractivity contribution in [3.63, 3.8) is 0 Å². The van der Waals surface area contributed by atoms with Gasteiger partial charge in [-0.1, -0.05) is 54.1 Å². The van der Waals surface area contributed by atoms with Crippen molar-refractivity contribution in [3.8, 4) is 0 Å². The molecule has 0 aliphatic rings. The molecule has 0 aromatic heterocycles. The van der Waals surface area contributed by atoms with Crippen molar-refractivity contribution in [2.24, 2.45) is 0 Å². The van der Waals surface area contributed by atoms with Gasteiger partial charge in [-0.15, -0.1) is 0 Å². The molecule has 2 aromatic rings. The minimum atomic E-state index is -1.27. The van der Waals surface area contributed by atoms with E-state index in [9.17, 15) is 14.7 Å². The number of hydrogen-bond acceptors (Lipinski definition) is 3. The van der Waals surface area contributed by atoms with Crippen LogP contribution in [0.1, 0.15) is 28.3 Å². The summed E-state index contributed by atoms with van der Waals surface area (Å²) >= 11 is 5.77. The Labute approximate surface area is 121 Å². The summed E-state index contributed by atoms with van der Waals surface area (Å²) in [7, 11) is 0. The zero-order valence-corrected chi connectivity index (χ0v) is 11.3. The van der Waals surface area contributed by atoms with Crippen LogP contribution in [0.25, 0.3) is 0 Å². The van der Waals surface area contributed by atoms with E-state index < -0.39 is 11.9 Å². The summed E-state index contributed by atoms with van der Waals surface area (Å²) in [5.41, 5.74) is 1.01. The van der Waals surface area contributed by atoms with Gasteiger partial charge in [0.25, 0.3) is 0 Å². The number of aliphatic carboxylic acids is 1. The van der Waals surface area contributed by atoms with Gasteiger partial charge in [0.1, 0.15) is 0 Å². The third kappa shape index (κ3) is 3.45. The van der Waals surface area contributed by atoms with Crippen molar-refractivity contribution in [1.29, 1.82) is 0 Å². The first-order valence-electron chi connectivity index (χ1n) is 6.12. The van der Waals surface area contributed by atoms with E-state index >= 15 is 0 Å². The maximum Gasteiger partial charge on any atom is 0.163 e. The number of carboxylic acid groups (broad SMARTS) is 1. The third-order valence-corrected chi connectivity index (χ3v) is 3.29. The molecule has 0 saturated carbocycles. The Morgan fingerprint density at radius 3 is 2.15 bits per heavy atom. The number of Topliss-reactive ketones (excluding diaryl/α,β-unsaturated/α-hetero) is 1. The van der Waals surface area contributed by atoms with E-state index in [2.05, 4.69) is 0 Å². The van der Waals surface area contributed by atoms with Crippen LogP contribution in [0, 0.1) is 0 Å². The number of halogens is 1. The highest BCUT2D eigenvalue weighted by Gasteiger charge is 2.18. The average Bonchev–Trinajstić information content (AvgIpc) is 2.46. The lowest BCUT2D eigenvalue weighted by molar-refractivity contribution is -0.307. The molecule has 102 valence electrons. The van der Waals surface area contributed by atoms with Crippen LogP contribution in [0.5, 0.6) is 0 Å². The first kappa shape index (κ1) is 14.3. The highest BCUT2D eigenvalue weighted by Crippen LogP contribution is 2.23. The fourth-order valence-electron chi connectivity index (χ4n) is 1.96. The average molecular weight is 288 g/mol. The molecule has 0 amide bonds. The third-order valence-electron chi connectivity index (χ3n) is 3.04. The number of ketones is 1. The van der Waals surface area contributed by atoms with Crippen molar-refractivity contribution in [2.75, 3.05) is 0 Å². The quantitative estimate of drug-likeness (QED) is 0.794. The van der Waals surface area contributed by atoms with Gasteiger partial charge in [0.05, 0.1) is 0 Å². The minimum absolute atomic E-state index is 0.131. The summed E-state index contributed by atoms with van der Waals surface area (Å²) in [6, 6.07) is 15.0. The molecule has 0 N–H and O–H groups in total. The van der Waals surface area contributed by atoms with Crippen LogP contribution in [-0.2, 0) is 4.79 Å². The van der Waals surface area contributed by atoms with E-state index in [0.717, 1.165) is 0 Å². The SMILES string of the molecule is O=C(C[C@H](C(=O)[O-])c1ccc(Cl)cc1)c1ccccc1. The second-order valence-electron chi connectivity index (χ2n) is 4.42. The molecule has 0 unspecified atom stereocenters. The van der Waals surface area contributed by atoms with Crippen LogP contribution >= 0.6 is 11.6 Å². The number of benzene rings is 2. The van der Waals surface area contributed by atoms with E-state index in [4.69, 9.17) is 11.6 Å². The van der Waals surface area contributed by atoms with Crippen molar-refractivity contribution in [3.05, 3.63) is 70.7 Å². The largest absolute Gasteiger partial charge is 0.549 e. The topological polar surface area (TPSA) is 57.2 Å². The standard InChI is InChI=1S/C16H13ClO3/c17-13-8-6-11(7-9-13)14(16(19)20)10-15(18)12-4-2-1-3-5-12/h1-9,14H,10H2,(H,19,20)/p-1/t14-/m0/s1. The van der Waals surface area contributed by atoms with Gasteiger partial charge >= 0.3 is 0 Å². The molecule has 0 aliphatic carbocycles. The van der Waals surface area contributed by atoms with Crippen LogP contribution in [-0.4, -0.2) is 11.8 Å². The van der Waals surface area contributed by atoms with E-state index in [-0.39, 0.29) is 12.2 Å². The zero-order valence-electron chi connectivity index (χ0n) is 10.6. The number of carbonyl (C=O) groups is 2. The molecule has 0 spiro atoms. The van der Waals surface area contributed by atoms with Crippen LogP contribution in [0.2, 0.25) is 5.02 Å². The van der Waals surface area contributed by atoms with Crippen LogP contribution in [0.15, 0.2) is 54.6 Å². The highest BCUT2D eigenvalue weighted by molar-refractivity contribution is 6.30. The lowest BCUT2D eigenvalue weighted by atomic mass is 9.92. The molecule has 0 saturated heterocycles.